The monoisotopic (exact) mass is 423 g/mol. The number of ether oxygens (including phenoxy) is 1. The number of aromatic hydroxyl groups is 1. The molecule has 0 fully saturated rings. The smallest absolute Gasteiger partial charge is 0.257 e. The summed E-state index contributed by atoms with van der Waals surface area (Å²) in [5, 5.41) is 13.3. The van der Waals surface area contributed by atoms with Crippen molar-refractivity contribution in [2.45, 2.75) is 30.2 Å². The number of carbonyl (C=O) groups excluding carboxylic acids is 1. The Labute approximate surface area is 177 Å². The maximum absolute atomic E-state index is 12.9. The maximum Gasteiger partial charge on any atom is 0.257 e. The molecule has 2 heterocycles. The molecule has 8 heteroatoms. The molecule has 3 N–H and O–H groups in total. The van der Waals surface area contributed by atoms with E-state index in [1.165, 1.54) is 24.9 Å². The summed E-state index contributed by atoms with van der Waals surface area (Å²) in [6, 6.07) is 13.0. The standard InChI is InChI=1S/C22H21N3O4S/c1-12-4-3-5-13(8-12)11-30-22-24-20-19(21(28)25-22)15(10-18(27)23-20)14-6-7-17(29-2)16(26)9-14/h3-9,15,26H,10-11H2,1-2H3,(H2,23,24,25,27,28)/t15-/m0/s1. The van der Waals surface area contributed by atoms with Gasteiger partial charge in [0.05, 0.1) is 12.7 Å². The summed E-state index contributed by atoms with van der Waals surface area (Å²) in [5.74, 6) is 0.467. The molecule has 1 amide bonds. The molecule has 0 bridgehead atoms. The van der Waals surface area contributed by atoms with Crippen LogP contribution in [-0.2, 0) is 10.5 Å². The quantitative estimate of drug-likeness (QED) is 0.428. The van der Waals surface area contributed by atoms with Crippen LogP contribution in [0.5, 0.6) is 11.5 Å². The van der Waals surface area contributed by atoms with Gasteiger partial charge in [0.25, 0.3) is 5.56 Å². The minimum atomic E-state index is -0.502. The van der Waals surface area contributed by atoms with E-state index in [9.17, 15) is 14.7 Å². The van der Waals surface area contributed by atoms with Crippen molar-refractivity contribution in [1.29, 1.82) is 0 Å². The Kier molecular flexibility index (Phi) is 5.50. The Hall–Kier alpha value is -3.26. The van der Waals surface area contributed by atoms with Gasteiger partial charge in [0.15, 0.2) is 16.7 Å². The molecule has 3 aromatic rings. The average Bonchev–Trinajstić information content (AvgIpc) is 2.71. The topological polar surface area (TPSA) is 104 Å². The zero-order chi connectivity index (χ0) is 21.3. The predicted octanol–water partition coefficient (Wildman–Crippen LogP) is 3.56. The van der Waals surface area contributed by atoms with Crippen molar-refractivity contribution in [3.63, 3.8) is 0 Å². The number of hydrogen-bond donors (Lipinski definition) is 3. The van der Waals surface area contributed by atoms with Crippen LogP contribution < -0.4 is 15.6 Å². The fourth-order valence-corrected chi connectivity index (χ4v) is 4.38. The normalized spacial score (nSPS) is 15.4. The number of thioether (sulfide) groups is 1. The van der Waals surface area contributed by atoms with Gasteiger partial charge in [-0.2, -0.15) is 0 Å². The van der Waals surface area contributed by atoms with Gasteiger partial charge in [-0.1, -0.05) is 47.7 Å². The molecule has 0 spiro atoms. The first-order chi connectivity index (χ1) is 14.4. The van der Waals surface area contributed by atoms with E-state index < -0.39 is 5.92 Å². The van der Waals surface area contributed by atoms with Crippen molar-refractivity contribution in [3.8, 4) is 11.5 Å². The van der Waals surface area contributed by atoms with E-state index in [0.29, 0.717) is 27.8 Å². The van der Waals surface area contributed by atoms with Crippen LogP contribution in [0.1, 0.15) is 34.6 Å². The number of aryl methyl sites for hydroxylation is 1. The highest BCUT2D eigenvalue weighted by molar-refractivity contribution is 7.98. The van der Waals surface area contributed by atoms with Crippen LogP contribution in [0.25, 0.3) is 0 Å². The Bertz CT molecular complexity index is 1180. The number of phenolic OH excluding ortho intramolecular Hbond substituents is 1. The van der Waals surface area contributed by atoms with Crippen molar-refractivity contribution in [1.82, 2.24) is 9.97 Å². The number of rotatable bonds is 5. The first kappa shape index (κ1) is 20.0. The number of amides is 1. The van der Waals surface area contributed by atoms with E-state index in [1.807, 2.05) is 25.1 Å². The van der Waals surface area contributed by atoms with Crippen molar-refractivity contribution in [2.24, 2.45) is 0 Å². The number of aromatic amines is 1. The number of H-pyrrole nitrogens is 1. The van der Waals surface area contributed by atoms with Gasteiger partial charge in [-0.3, -0.25) is 9.59 Å². The predicted molar refractivity (Wildman–Crippen MR) is 115 cm³/mol. The Balaban J connectivity index is 1.66. The largest absolute Gasteiger partial charge is 0.504 e. The molecule has 0 saturated heterocycles. The SMILES string of the molecule is COc1ccc([C@@H]2CC(=O)Nc3nc(SCc4cccc(C)c4)[nH]c(=O)c32)cc1O. The fraction of sp³-hybridized carbons (Fsp3) is 0.227. The summed E-state index contributed by atoms with van der Waals surface area (Å²) >= 11 is 1.40. The zero-order valence-electron chi connectivity index (χ0n) is 16.6. The number of methoxy groups -OCH3 is 1. The van der Waals surface area contributed by atoms with E-state index >= 15 is 0 Å². The Morgan fingerprint density at radius 1 is 1.23 bits per heavy atom. The van der Waals surface area contributed by atoms with Crippen LogP contribution in [0.2, 0.25) is 0 Å². The third-order valence-electron chi connectivity index (χ3n) is 4.99. The lowest BCUT2D eigenvalue weighted by Gasteiger charge is -2.24. The van der Waals surface area contributed by atoms with E-state index in [-0.39, 0.29) is 29.5 Å². The number of fused-ring (bicyclic) bond motifs is 1. The molecule has 30 heavy (non-hydrogen) atoms. The molecule has 0 unspecified atom stereocenters. The molecule has 4 rings (SSSR count). The highest BCUT2D eigenvalue weighted by atomic mass is 32.2. The zero-order valence-corrected chi connectivity index (χ0v) is 17.4. The van der Waals surface area contributed by atoms with Gasteiger partial charge < -0.3 is 20.1 Å². The van der Waals surface area contributed by atoms with Gasteiger partial charge in [-0.15, -0.1) is 0 Å². The number of nitrogens with zero attached hydrogens (tertiary/aromatic N) is 1. The number of nitrogens with one attached hydrogen (secondary N) is 2. The summed E-state index contributed by atoms with van der Waals surface area (Å²) in [7, 11) is 1.46. The third-order valence-corrected chi connectivity index (χ3v) is 5.94. The number of benzene rings is 2. The number of hydrogen-bond acceptors (Lipinski definition) is 6. The summed E-state index contributed by atoms with van der Waals surface area (Å²) in [6.45, 7) is 2.03. The highest BCUT2D eigenvalue weighted by Gasteiger charge is 2.31. The average molecular weight is 423 g/mol. The second-order valence-electron chi connectivity index (χ2n) is 7.15. The van der Waals surface area contributed by atoms with Crippen LogP contribution >= 0.6 is 11.8 Å². The van der Waals surface area contributed by atoms with Gasteiger partial charge in [-0.25, -0.2) is 4.98 Å². The fourth-order valence-electron chi connectivity index (χ4n) is 3.58. The van der Waals surface area contributed by atoms with E-state index in [4.69, 9.17) is 4.74 Å². The molecule has 1 aliphatic rings. The van der Waals surface area contributed by atoms with E-state index in [1.54, 1.807) is 12.1 Å². The van der Waals surface area contributed by atoms with Crippen LogP contribution in [0.4, 0.5) is 5.82 Å². The first-order valence-corrected chi connectivity index (χ1v) is 10.4. The lowest BCUT2D eigenvalue weighted by atomic mass is 9.86. The molecule has 1 atom stereocenters. The number of anilines is 1. The number of aromatic nitrogens is 2. The number of phenols is 1. The van der Waals surface area contributed by atoms with Crippen molar-refractivity contribution < 1.29 is 14.6 Å². The minimum Gasteiger partial charge on any atom is -0.504 e. The highest BCUT2D eigenvalue weighted by Crippen LogP contribution is 2.38. The van der Waals surface area contributed by atoms with Gasteiger partial charge in [0, 0.05) is 18.1 Å². The Morgan fingerprint density at radius 3 is 2.80 bits per heavy atom. The second-order valence-corrected chi connectivity index (χ2v) is 8.11. The third kappa shape index (κ3) is 4.04. The molecule has 7 nitrogen and oxygen atoms in total. The van der Waals surface area contributed by atoms with Crippen molar-refractivity contribution in [2.75, 3.05) is 12.4 Å². The first-order valence-electron chi connectivity index (χ1n) is 9.44. The minimum absolute atomic E-state index is 0.0442. The van der Waals surface area contributed by atoms with Gasteiger partial charge in [0.2, 0.25) is 5.91 Å². The molecule has 154 valence electrons. The van der Waals surface area contributed by atoms with E-state index in [0.717, 1.165) is 11.1 Å². The van der Waals surface area contributed by atoms with Crippen molar-refractivity contribution in [3.05, 3.63) is 75.1 Å². The van der Waals surface area contributed by atoms with Gasteiger partial charge >= 0.3 is 0 Å². The lowest BCUT2D eigenvalue weighted by Crippen LogP contribution is -2.31. The van der Waals surface area contributed by atoms with Gasteiger partial charge in [-0.05, 0) is 30.2 Å². The molecule has 1 aromatic heterocycles. The molecule has 2 aromatic carbocycles. The molecule has 1 aliphatic heterocycles. The molecule has 0 radical (unpaired) electrons. The lowest BCUT2D eigenvalue weighted by molar-refractivity contribution is -0.116. The molecule has 0 aliphatic carbocycles. The number of carbonyl (C=O) groups is 1. The Morgan fingerprint density at radius 2 is 2.07 bits per heavy atom. The van der Waals surface area contributed by atoms with Crippen LogP contribution in [0.3, 0.4) is 0 Å². The van der Waals surface area contributed by atoms with Crippen LogP contribution in [-0.4, -0.2) is 28.1 Å². The van der Waals surface area contributed by atoms with E-state index in [2.05, 4.69) is 21.4 Å². The van der Waals surface area contributed by atoms with Crippen molar-refractivity contribution >= 4 is 23.5 Å². The maximum atomic E-state index is 12.9. The summed E-state index contributed by atoms with van der Waals surface area (Å²) in [4.78, 5) is 32.5. The summed E-state index contributed by atoms with van der Waals surface area (Å²) < 4.78 is 5.08. The second kappa shape index (κ2) is 8.23. The van der Waals surface area contributed by atoms with Crippen LogP contribution in [0.15, 0.2) is 52.4 Å². The molecular formula is C22H21N3O4S. The molecule has 0 saturated carbocycles. The van der Waals surface area contributed by atoms with Crippen LogP contribution in [0, 0.1) is 6.92 Å². The molecular weight excluding hydrogens is 402 g/mol. The van der Waals surface area contributed by atoms with Gasteiger partial charge in [0.1, 0.15) is 5.82 Å². The summed E-state index contributed by atoms with van der Waals surface area (Å²) in [6.07, 6.45) is 0.0965. The summed E-state index contributed by atoms with van der Waals surface area (Å²) in [5.41, 5.74) is 3.02.